The van der Waals surface area contributed by atoms with Crippen LogP contribution < -0.4 is 0 Å². The molecule has 160 valence electrons. The Kier molecular flexibility index (Phi) is 5.47. The van der Waals surface area contributed by atoms with Gasteiger partial charge < -0.3 is 9.64 Å². The van der Waals surface area contributed by atoms with Crippen molar-refractivity contribution in [1.29, 1.82) is 0 Å². The number of nitrogens with zero attached hydrogens (tertiary/aromatic N) is 6. The van der Waals surface area contributed by atoms with Crippen LogP contribution in [-0.4, -0.2) is 74.6 Å². The average molecular weight is 439 g/mol. The van der Waals surface area contributed by atoms with Gasteiger partial charge in [-0.25, -0.2) is 9.48 Å². The van der Waals surface area contributed by atoms with Crippen molar-refractivity contribution in [2.24, 2.45) is 0 Å². The van der Waals surface area contributed by atoms with Gasteiger partial charge in [-0.1, -0.05) is 12.1 Å². The van der Waals surface area contributed by atoms with E-state index in [9.17, 15) is 9.59 Å². The zero-order valence-corrected chi connectivity index (χ0v) is 17.8. The van der Waals surface area contributed by atoms with Gasteiger partial charge in [0.15, 0.2) is 0 Å². The lowest BCUT2D eigenvalue weighted by Crippen LogP contribution is -2.49. The summed E-state index contributed by atoms with van der Waals surface area (Å²) in [7, 11) is 0. The maximum Gasteiger partial charge on any atom is 0.349 e. The molecule has 1 amide bonds. The largest absolute Gasteiger partial charge is 0.457 e. The van der Waals surface area contributed by atoms with E-state index in [-0.39, 0.29) is 11.9 Å². The molecule has 0 unspecified atom stereocenters. The van der Waals surface area contributed by atoms with E-state index in [2.05, 4.69) is 26.5 Å². The van der Waals surface area contributed by atoms with Crippen molar-refractivity contribution in [3.63, 3.8) is 0 Å². The Morgan fingerprint density at radius 3 is 2.65 bits per heavy atom. The number of rotatable bonds is 6. The van der Waals surface area contributed by atoms with Crippen LogP contribution in [-0.2, 0) is 29.0 Å². The molecule has 3 aromatic rings. The quantitative estimate of drug-likeness (QED) is 0.536. The van der Waals surface area contributed by atoms with E-state index in [1.54, 1.807) is 22.3 Å². The van der Waals surface area contributed by atoms with Gasteiger partial charge in [-0.2, -0.15) is 0 Å². The molecule has 1 aromatic carbocycles. The molecule has 0 saturated carbocycles. The van der Waals surface area contributed by atoms with E-state index >= 15 is 0 Å². The van der Waals surface area contributed by atoms with E-state index in [1.165, 1.54) is 4.88 Å². The van der Waals surface area contributed by atoms with Crippen LogP contribution in [0.25, 0.3) is 5.69 Å². The molecule has 0 spiro atoms. The number of esters is 1. The van der Waals surface area contributed by atoms with Crippen molar-refractivity contribution in [2.75, 3.05) is 32.7 Å². The number of fused-ring (bicyclic) bond motifs is 1. The summed E-state index contributed by atoms with van der Waals surface area (Å²) in [5.74, 6) is -0.0357. The van der Waals surface area contributed by atoms with Gasteiger partial charge in [0.2, 0.25) is 5.91 Å². The van der Waals surface area contributed by atoms with Gasteiger partial charge in [0.25, 0.3) is 0 Å². The first-order valence-electron chi connectivity index (χ1n) is 10.3. The van der Waals surface area contributed by atoms with Crippen LogP contribution in [0.4, 0.5) is 0 Å². The van der Waals surface area contributed by atoms with E-state index < -0.39 is 0 Å². The third kappa shape index (κ3) is 4.35. The first-order valence-corrected chi connectivity index (χ1v) is 11.1. The van der Waals surface area contributed by atoms with Crippen molar-refractivity contribution >= 4 is 23.2 Å². The van der Waals surface area contributed by atoms with Crippen LogP contribution in [0.15, 0.2) is 36.7 Å². The maximum absolute atomic E-state index is 12.7. The highest BCUT2D eigenvalue weighted by atomic mass is 32.1. The van der Waals surface area contributed by atoms with Gasteiger partial charge in [0.05, 0.1) is 12.1 Å². The fraction of sp³-hybridized carbons (Fsp3) is 0.381. The smallest absolute Gasteiger partial charge is 0.349 e. The summed E-state index contributed by atoms with van der Waals surface area (Å²) in [4.78, 5) is 30.6. The van der Waals surface area contributed by atoms with Gasteiger partial charge in [0.1, 0.15) is 17.8 Å². The van der Waals surface area contributed by atoms with Crippen LogP contribution in [0, 0.1) is 0 Å². The van der Waals surface area contributed by atoms with E-state index in [0.29, 0.717) is 13.0 Å². The van der Waals surface area contributed by atoms with Crippen LogP contribution >= 0.6 is 11.3 Å². The molecule has 0 radical (unpaired) electrons. The number of hydrogen-bond donors (Lipinski definition) is 0. The average Bonchev–Trinajstić information content (AvgIpc) is 3.53. The molecule has 1 saturated heterocycles. The predicted molar refractivity (Wildman–Crippen MR) is 113 cm³/mol. The summed E-state index contributed by atoms with van der Waals surface area (Å²) in [5, 5.41) is 11.1. The number of thiophene rings is 1. The molecule has 2 aromatic heterocycles. The molecule has 2 aliphatic heterocycles. The number of ether oxygens (including phenoxy) is 1. The number of piperazine rings is 1. The lowest BCUT2D eigenvalue weighted by atomic mass is 10.1. The number of benzene rings is 1. The zero-order chi connectivity index (χ0) is 21.2. The molecule has 5 rings (SSSR count). The molecule has 31 heavy (non-hydrogen) atoms. The number of amides is 1. The van der Waals surface area contributed by atoms with Gasteiger partial charge in [-0.05, 0) is 40.6 Å². The third-order valence-electron chi connectivity index (χ3n) is 5.71. The first kappa shape index (κ1) is 19.8. The molecule has 9 nitrogen and oxygen atoms in total. The van der Waals surface area contributed by atoms with Gasteiger partial charge in [0, 0.05) is 43.2 Å². The van der Waals surface area contributed by atoms with Crippen molar-refractivity contribution in [3.05, 3.63) is 57.5 Å². The maximum atomic E-state index is 12.7. The second-order valence-corrected chi connectivity index (χ2v) is 8.85. The Hall–Kier alpha value is -3.11. The molecule has 0 bridgehead atoms. The van der Waals surface area contributed by atoms with Gasteiger partial charge in [-0.15, -0.1) is 16.4 Å². The minimum atomic E-state index is -0.191. The molecule has 0 atom stereocenters. The predicted octanol–water partition coefficient (Wildman–Crippen LogP) is 1.32. The normalized spacial score (nSPS) is 16.4. The Bertz CT molecular complexity index is 1070. The Morgan fingerprint density at radius 2 is 1.94 bits per heavy atom. The lowest BCUT2D eigenvalue weighted by molar-refractivity contribution is -0.132. The fourth-order valence-electron chi connectivity index (χ4n) is 3.92. The number of aromatic nitrogens is 4. The molecule has 0 aliphatic carbocycles. The van der Waals surface area contributed by atoms with Gasteiger partial charge >= 0.3 is 5.97 Å². The van der Waals surface area contributed by atoms with Crippen LogP contribution in [0.1, 0.15) is 25.7 Å². The zero-order valence-electron chi connectivity index (χ0n) is 16.9. The topological polar surface area (TPSA) is 93.5 Å². The molecule has 10 heteroatoms. The van der Waals surface area contributed by atoms with Crippen LogP contribution in [0.2, 0.25) is 0 Å². The minimum Gasteiger partial charge on any atom is -0.457 e. The SMILES string of the molecule is O=C1OCc2cc(CCN3CCN(C(=O)Cc4ccc(-n5cnnn5)cc4)CC3)sc21. The van der Waals surface area contributed by atoms with E-state index in [4.69, 9.17) is 4.74 Å². The third-order valence-corrected chi connectivity index (χ3v) is 6.93. The standard InChI is InChI=1S/C21H22N6O3S/c28-19(11-15-1-3-17(4-2-15)27-14-22-23-24-27)26-9-7-25(8-10-26)6-5-18-12-16-13-30-21(29)20(16)31-18/h1-4,12,14H,5-11,13H2. The summed E-state index contributed by atoms with van der Waals surface area (Å²) >= 11 is 1.55. The number of tetrazole rings is 1. The van der Waals surface area contributed by atoms with Crippen LogP contribution in [0.5, 0.6) is 0 Å². The summed E-state index contributed by atoms with van der Waals surface area (Å²) < 4.78 is 6.61. The molecule has 1 fully saturated rings. The van der Waals surface area contributed by atoms with Crippen LogP contribution in [0.3, 0.4) is 0 Å². The Morgan fingerprint density at radius 1 is 1.13 bits per heavy atom. The molecule has 2 aliphatic rings. The number of carbonyl (C=O) groups is 2. The van der Waals surface area contributed by atoms with E-state index in [0.717, 1.165) is 60.8 Å². The second kappa shape index (κ2) is 8.56. The number of hydrogen-bond acceptors (Lipinski definition) is 8. The second-order valence-electron chi connectivity index (χ2n) is 7.71. The van der Waals surface area contributed by atoms with Crippen molar-refractivity contribution in [1.82, 2.24) is 30.0 Å². The summed E-state index contributed by atoms with van der Waals surface area (Å²) in [6, 6.07) is 9.81. The van der Waals surface area contributed by atoms with E-state index in [1.807, 2.05) is 29.2 Å². The number of cyclic esters (lactones) is 1. The highest BCUT2D eigenvalue weighted by Gasteiger charge is 2.25. The highest BCUT2D eigenvalue weighted by Crippen LogP contribution is 2.29. The van der Waals surface area contributed by atoms with Crippen molar-refractivity contribution in [3.8, 4) is 5.69 Å². The summed E-state index contributed by atoms with van der Waals surface area (Å²) in [5.41, 5.74) is 2.86. The van der Waals surface area contributed by atoms with Gasteiger partial charge in [-0.3, -0.25) is 9.69 Å². The molecular weight excluding hydrogens is 416 g/mol. The monoisotopic (exact) mass is 438 g/mol. The first-order chi connectivity index (χ1) is 15.2. The Labute approximate surface area is 183 Å². The molecular formula is C21H22N6O3S. The Balaban J connectivity index is 1.08. The summed E-state index contributed by atoms with van der Waals surface area (Å²) in [6.07, 6.45) is 2.86. The lowest BCUT2D eigenvalue weighted by Gasteiger charge is -2.34. The minimum absolute atomic E-state index is 0.156. The summed E-state index contributed by atoms with van der Waals surface area (Å²) in [6.45, 7) is 4.58. The highest BCUT2D eigenvalue weighted by molar-refractivity contribution is 7.14. The fourth-order valence-corrected chi connectivity index (χ4v) is 4.97. The van der Waals surface area contributed by atoms with Crippen molar-refractivity contribution in [2.45, 2.75) is 19.4 Å². The van der Waals surface area contributed by atoms with Crippen molar-refractivity contribution < 1.29 is 14.3 Å². The molecule has 4 heterocycles. The molecule has 0 N–H and O–H groups in total. The number of carbonyl (C=O) groups excluding carboxylic acids is 2.